The number of carbonyl (C=O) groups is 2. The van der Waals surface area contributed by atoms with Gasteiger partial charge in [-0.1, -0.05) is 36.4 Å². The highest BCUT2D eigenvalue weighted by molar-refractivity contribution is 5.90. The molecular weight excluding hydrogens is 276 g/mol. The lowest BCUT2D eigenvalue weighted by Crippen LogP contribution is -2.10. The van der Waals surface area contributed by atoms with Gasteiger partial charge in [-0.25, -0.2) is 0 Å². The van der Waals surface area contributed by atoms with Crippen LogP contribution in [0.4, 0.5) is 11.4 Å². The van der Waals surface area contributed by atoms with Crippen molar-refractivity contribution in [3.8, 4) is 0 Å². The molecule has 2 aromatic carbocycles. The lowest BCUT2D eigenvalue weighted by Gasteiger charge is -2.12. The summed E-state index contributed by atoms with van der Waals surface area (Å²) in [5, 5.41) is 5.70. The fraction of sp³-hybridized carbons (Fsp3) is 0.222. The maximum absolute atomic E-state index is 11.3. The zero-order valence-electron chi connectivity index (χ0n) is 12.8. The number of para-hydroxylation sites is 2. The smallest absolute Gasteiger partial charge is 0.221 e. The lowest BCUT2D eigenvalue weighted by molar-refractivity contribution is -0.115. The SMILES string of the molecule is CC(=O)Nc1ccccc1CCc1ccccc1NC(C)=O. The van der Waals surface area contributed by atoms with Crippen LogP contribution in [0.5, 0.6) is 0 Å². The number of aryl methyl sites for hydroxylation is 2. The van der Waals surface area contributed by atoms with Gasteiger partial charge in [-0.05, 0) is 36.1 Å². The standard InChI is InChI=1S/C18H20N2O2/c1-13(21)19-17-9-5-3-7-15(17)11-12-16-8-4-6-10-18(16)20-14(2)22/h3-10H,11-12H2,1-2H3,(H,19,21)(H,20,22). The summed E-state index contributed by atoms with van der Waals surface area (Å²) in [6.07, 6.45) is 1.57. The lowest BCUT2D eigenvalue weighted by atomic mass is 10.0. The van der Waals surface area contributed by atoms with Gasteiger partial charge in [0.25, 0.3) is 0 Å². The van der Waals surface area contributed by atoms with Crippen LogP contribution in [0.1, 0.15) is 25.0 Å². The second kappa shape index (κ2) is 7.41. The molecule has 114 valence electrons. The zero-order chi connectivity index (χ0) is 15.9. The number of hydrogen-bond donors (Lipinski definition) is 2. The fourth-order valence-corrected chi connectivity index (χ4v) is 2.37. The Balaban J connectivity index is 2.14. The minimum absolute atomic E-state index is 0.0777. The van der Waals surface area contributed by atoms with Crippen LogP contribution in [0.15, 0.2) is 48.5 Å². The van der Waals surface area contributed by atoms with Crippen LogP contribution in [0.25, 0.3) is 0 Å². The number of nitrogens with one attached hydrogen (secondary N) is 2. The molecule has 2 amide bonds. The van der Waals surface area contributed by atoms with Gasteiger partial charge < -0.3 is 10.6 Å². The van der Waals surface area contributed by atoms with Crippen molar-refractivity contribution in [1.29, 1.82) is 0 Å². The van der Waals surface area contributed by atoms with Crippen molar-refractivity contribution in [1.82, 2.24) is 0 Å². The minimum Gasteiger partial charge on any atom is -0.326 e. The second-order valence-corrected chi connectivity index (χ2v) is 5.18. The van der Waals surface area contributed by atoms with E-state index >= 15 is 0 Å². The average Bonchev–Trinajstić information content (AvgIpc) is 2.46. The Bertz CT molecular complexity index is 621. The number of carbonyl (C=O) groups excluding carboxylic acids is 2. The first-order valence-electron chi connectivity index (χ1n) is 7.27. The summed E-state index contributed by atoms with van der Waals surface area (Å²) in [7, 11) is 0. The van der Waals surface area contributed by atoms with Gasteiger partial charge in [-0.3, -0.25) is 9.59 Å². The molecule has 4 heteroatoms. The molecule has 0 atom stereocenters. The largest absolute Gasteiger partial charge is 0.326 e. The van der Waals surface area contributed by atoms with Gasteiger partial charge in [0, 0.05) is 25.2 Å². The molecule has 4 nitrogen and oxygen atoms in total. The van der Waals surface area contributed by atoms with Crippen LogP contribution in [-0.4, -0.2) is 11.8 Å². The van der Waals surface area contributed by atoms with Crippen molar-refractivity contribution in [2.45, 2.75) is 26.7 Å². The first-order valence-corrected chi connectivity index (χ1v) is 7.27. The van der Waals surface area contributed by atoms with E-state index in [9.17, 15) is 9.59 Å². The molecular formula is C18H20N2O2. The van der Waals surface area contributed by atoms with Crippen LogP contribution in [0.3, 0.4) is 0 Å². The summed E-state index contributed by atoms with van der Waals surface area (Å²) in [5.74, 6) is -0.155. The summed E-state index contributed by atoms with van der Waals surface area (Å²) >= 11 is 0. The van der Waals surface area contributed by atoms with Crippen LogP contribution in [0, 0.1) is 0 Å². The van der Waals surface area contributed by atoms with Gasteiger partial charge in [-0.2, -0.15) is 0 Å². The Hall–Kier alpha value is -2.62. The average molecular weight is 296 g/mol. The molecule has 0 saturated carbocycles. The predicted molar refractivity (Wildman–Crippen MR) is 88.9 cm³/mol. The van der Waals surface area contributed by atoms with Crippen molar-refractivity contribution in [3.05, 3.63) is 59.7 Å². The van der Waals surface area contributed by atoms with E-state index in [0.717, 1.165) is 35.3 Å². The molecule has 0 aliphatic rings. The number of rotatable bonds is 5. The maximum atomic E-state index is 11.3. The minimum atomic E-state index is -0.0777. The number of benzene rings is 2. The van der Waals surface area contributed by atoms with E-state index in [4.69, 9.17) is 0 Å². The van der Waals surface area contributed by atoms with E-state index in [1.165, 1.54) is 13.8 Å². The third-order valence-electron chi connectivity index (χ3n) is 3.32. The van der Waals surface area contributed by atoms with E-state index in [-0.39, 0.29) is 11.8 Å². The summed E-state index contributed by atoms with van der Waals surface area (Å²) < 4.78 is 0. The van der Waals surface area contributed by atoms with Crippen molar-refractivity contribution in [2.75, 3.05) is 10.6 Å². The molecule has 0 heterocycles. The number of hydrogen-bond acceptors (Lipinski definition) is 2. The van der Waals surface area contributed by atoms with Crippen LogP contribution < -0.4 is 10.6 Å². The van der Waals surface area contributed by atoms with Gasteiger partial charge in [0.2, 0.25) is 11.8 Å². The van der Waals surface area contributed by atoms with Gasteiger partial charge in [0.1, 0.15) is 0 Å². The fourth-order valence-electron chi connectivity index (χ4n) is 2.37. The highest BCUT2D eigenvalue weighted by Gasteiger charge is 2.07. The van der Waals surface area contributed by atoms with Gasteiger partial charge >= 0.3 is 0 Å². The highest BCUT2D eigenvalue weighted by Crippen LogP contribution is 2.21. The Morgan fingerprint density at radius 3 is 1.45 bits per heavy atom. The molecule has 0 saturated heterocycles. The summed E-state index contributed by atoms with van der Waals surface area (Å²) in [5.41, 5.74) is 3.84. The van der Waals surface area contributed by atoms with E-state index in [1.54, 1.807) is 0 Å². The van der Waals surface area contributed by atoms with E-state index in [0.29, 0.717) is 0 Å². The normalized spacial score (nSPS) is 10.1. The first kappa shape index (κ1) is 15.8. The van der Waals surface area contributed by atoms with Crippen molar-refractivity contribution in [2.24, 2.45) is 0 Å². The molecule has 0 aliphatic heterocycles. The predicted octanol–water partition coefficient (Wildman–Crippen LogP) is 3.39. The quantitative estimate of drug-likeness (QED) is 0.888. The van der Waals surface area contributed by atoms with Gasteiger partial charge in [-0.15, -0.1) is 0 Å². The Morgan fingerprint density at radius 1 is 0.727 bits per heavy atom. The molecule has 0 radical (unpaired) electrons. The van der Waals surface area contributed by atoms with Crippen LogP contribution in [-0.2, 0) is 22.4 Å². The molecule has 2 rings (SSSR count). The molecule has 0 bridgehead atoms. The third-order valence-corrected chi connectivity index (χ3v) is 3.32. The number of amides is 2. The van der Waals surface area contributed by atoms with Crippen LogP contribution in [0.2, 0.25) is 0 Å². The van der Waals surface area contributed by atoms with Crippen molar-refractivity contribution in [3.63, 3.8) is 0 Å². The van der Waals surface area contributed by atoms with E-state index in [2.05, 4.69) is 10.6 Å². The second-order valence-electron chi connectivity index (χ2n) is 5.18. The summed E-state index contributed by atoms with van der Waals surface area (Å²) in [6.45, 7) is 3.01. The van der Waals surface area contributed by atoms with Crippen molar-refractivity contribution < 1.29 is 9.59 Å². The summed E-state index contributed by atoms with van der Waals surface area (Å²) in [6, 6.07) is 15.5. The molecule has 0 fully saturated rings. The Labute approximate surface area is 130 Å². The third kappa shape index (κ3) is 4.45. The van der Waals surface area contributed by atoms with Gasteiger partial charge in [0.15, 0.2) is 0 Å². The first-order chi connectivity index (χ1) is 10.6. The molecule has 2 N–H and O–H groups in total. The zero-order valence-corrected chi connectivity index (χ0v) is 12.8. The number of anilines is 2. The molecule has 0 aromatic heterocycles. The van der Waals surface area contributed by atoms with E-state index < -0.39 is 0 Å². The topological polar surface area (TPSA) is 58.2 Å². The Kier molecular flexibility index (Phi) is 5.31. The van der Waals surface area contributed by atoms with E-state index in [1.807, 2.05) is 48.5 Å². The summed E-state index contributed by atoms with van der Waals surface area (Å²) in [4.78, 5) is 22.5. The van der Waals surface area contributed by atoms with Gasteiger partial charge in [0.05, 0.1) is 0 Å². The monoisotopic (exact) mass is 296 g/mol. The molecule has 2 aromatic rings. The highest BCUT2D eigenvalue weighted by atomic mass is 16.2. The Morgan fingerprint density at radius 2 is 1.09 bits per heavy atom. The van der Waals surface area contributed by atoms with Crippen LogP contribution >= 0.6 is 0 Å². The molecule has 0 spiro atoms. The molecule has 22 heavy (non-hydrogen) atoms. The van der Waals surface area contributed by atoms with Crippen molar-refractivity contribution >= 4 is 23.2 Å². The molecule has 0 aliphatic carbocycles. The molecule has 0 unspecified atom stereocenters. The maximum Gasteiger partial charge on any atom is 0.221 e.